The molecule has 0 bridgehead atoms. The number of hydrogen-bond donors (Lipinski definition) is 0. The van der Waals surface area contributed by atoms with Crippen LogP contribution >= 0.6 is 0 Å². The molecule has 24 heavy (non-hydrogen) atoms. The van der Waals surface area contributed by atoms with Crippen molar-refractivity contribution in [2.24, 2.45) is 0 Å². The standard InChI is InChI=1S/C18H22O4S.K/c1-2-3-4-6-10-15-11-9-14-17(23(19,20)21)18(15)22-16-12-7-5-8-13-16;/h5,7-9,11-14H,2-4,6,10H2,1H3,(H,19,20,21);/q;+1/p-1. The summed E-state index contributed by atoms with van der Waals surface area (Å²) in [6.07, 6.45) is 4.94. The zero-order valence-corrected chi connectivity index (χ0v) is 18.1. The third kappa shape index (κ3) is 6.59. The van der Waals surface area contributed by atoms with Gasteiger partial charge in [0.05, 0.1) is 4.90 Å². The summed E-state index contributed by atoms with van der Waals surface area (Å²) in [7, 11) is -4.59. The van der Waals surface area contributed by atoms with Gasteiger partial charge < -0.3 is 9.29 Å². The van der Waals surface area contributed by atoms with E-state index in [-0.39, 0.29) is 62.0 Å². The molecule has 0 unspecified atom stereocenters. The van der Waals surface area contributed by atoms with Crippen LogP contribution in [-0.2, 0) is 16.5 Å². The summed E-state index contributed by atoms with van der Waals surface area (Å²) in [5, 5.41) is 0. The molecule has 0 N–H and O–H groups in total. The Morgan fingerprint density at radius 2 is 1.67 bits per heavy atom. The molecule has 0 amide bonds. The summed E-state index contributed by atoms with van der Waals surface area (Å²) in [4.78, 5) is -0.297. The fourth-order valence-corrected chi connectivity index (χ4v) is 3.06. The third-order valence-electron chi connectivity index (χ3n) is 3.59. The first-order valence-electron chi connectivity index (χ1n) is 7.83. The van der Waals surface area contributed by atoms with E-state index in [2.05, 4.69) is 6.92 Å². The molecule has 0 saturated carbocycles. The van der Waals surface area contributed by atoms with Crippen molar-refractivity contribution in [2.45, 2.75) is 43.9 Å². The van der Waals surface area contributed by atoms with Crippen molar-refractivity contribution in [3.05, 3.63) is 54.1 Å². The minimum Gasteiger partial charge on any atom is -0.744 e. The Labute approximate surface area is 186 Å². The van der Waals surface area contributed by atoms with E-state index in [9.17, 15) is 13.0 Å². The Morgan fingerprint density at radius 1 is 0.958 bits per heavy atom. The van der Waals surface area contributed by atoms with E-state index in [0.717, 1.165) is 31.2 Å². The van der Waals surface area contributed by atoms with E-state index < -0.39 is 10.1 Å². The molecular formula is C18H21KO4S. The smallest absolute Gasteiger partial charge is 0.744 e. The Morgan fingerprint density at radius 3 is 2.29 bits per heavy atom. The maximum atomic E-state index is 11.5. The number of rotatable bonds is 8. The van der Waals surface area contributed by atoms with Crippen molar-refractivity contribution in [1.29, 1.82) is 0 Å². The summed E-state index contributed by atoms with van der Waals surface area (Å²) >= 11 is 0. The molecule has 0 heterocycles. The van der Waals surface area contributed by atoms with E-state index in [4.69, 9.17) is 4.74 Å². The van der Waals surface area contributed by atoms with Crippen molar-refractivity contribution in [2.75, 3.05) is 0 Å². The number of aryl methyl sites for hydroxylation is 1. The van der Waals surface area contributed by atoms with Crippen molar-refractivity contribution >= 4 is 10.1 Å². The number of unbranched alkanes of at least 4 members (excludes halogenated alkanes) is 3. The molecular weight excluding hydrogens is 351 g/mol. The summed E-state index contributed by atoms with van der Waals surface area (Å²) < 4.78 is 40.4. The average Bonchev–Trinajstić information content (AvgIpc) is 2.52. The molecule has 2 rings (SSSR count). The van der Waals surface area contributed by atoms with Crippen LogP contribution in [0.5, 0.6) is 11.5 Å². The predicted octanol–water partition coefficient (Wildman–Crippen LogP) is 1.51. The van der Waals surface area contributed by atoms with E-state index >= 15 is 0 Å². The summed E-state index contributed by atoms with van der Waals surface area (Å²) in [6.45, 7) is 2.13. The molecule has 124 valence electrons. The van der Waals surface area contributed by atoms with Crippen molar-refractivity contribution in [3.63, 3.8) is 0 Å². The van der Waals surface area contributed by atoms with Gasteiger partial charge in [-0.1, -0.05) is 56.5 Å². The Hall–Kier alpha value is -0.214. The first kappa shape index (κ1) is 21.8. The van der Waals surface area contributed by atoms with Crippen LogP contribution in [0.2, 0.25) is 0 Å². The van der Waals surface area contributed by atoms with Gasteiger partial charge in [-0.15, -0.1) is 0 Å². The van der Waals surface area contributed by atoms with Crippen LogP contribution < -0.4 is 56.1 Å². The number of para-hydroxylation sites is 2. The summed E-state index contributed by atoms with van der Waals surface area (Å²) in [5.41, 5.74) is 0.752. The van der Waals surface area contributed by atoms with Gasteiger partial charge in [0, 0.05) is 0 Å². The monoisotopic (exact) mass is 372 g/mol. The second-order valence-electron chi connectivity index (χ2n) is 5.42. The molecule has 6 heteroatoms. The zero-order chi connectivity index (χ0) is 16.7. The average molecular weight is 373 g/mol. The van der Waals surface area contributed by atoms with Crippen LogP contribution in [0.3, 0.4) is 0 Å². The quantitative estimate of drug-likeness (QED) is 0.400. The van der Waals surface area contributed by atoms with Gasteiger partial charge in [0.25, 0.3) is 0 Å². The van der Waals surface area contributed by atoms with Gasteiger partial charge in [0.1, 0.15) is 21.6 Å². The molecule has 0 fully saturated rings. The third-order valence-corrected chi connectivity index (χ3v) is 4.45. The van der Waals surface area contributed by atoms with Crippen molar-refractivity contribution in [3.8, 4) is 11.5 Å². The molecule has 0 aliphatic rings. The second kappa shape index (κ2) is 10.7. The van der Waals surface area contributed by atoms with Gasteiger partial charge in [-0.05, 0) is 36.6 Å². The predicted molar refractivity (Wildman–Crippen MR) is 88.8 cm³/mol. The minimum atomic E-state index is -4.59. The first-order valence-corrected chi connectivity index (χ1v) is 9.24. The summed E-state index contributed by atoms with van der Waals surface area (Å²) in [5.74, 6) is 0.670. The normalized spacial score (nSPS) is 10.9. The number of ether oxygens (including phenoxy) is 1. The molecule has 0 aromatic heterocycles. The van der Waals surface area contributed by atoms with Gasteiger partial charge in [-0.2, -0.15) is 0 Å². The van der Waals surface area contributed by atoms with Crippen LogP contribution in [-0.4, -0.2) is 13.0 Å². The zero-order valence-electron chi connectivity index (χ0n) is 14.2. The van der Waals surface area contributed by atoms with Gasteiger partial charge in [0.2, 0.25) is 0 Å². The molecule has 0 spiro atoms. The number of benzene rings is 2. The molecule has 0 atom stereocenters. The van der Waals surface area contributed by atoms with Crippen LogP contribution in [0.1, 0.15) is 38.2 Å². The molecule has 2 aromatic rings. The van der Waals surface area contributed by atoms with Crippen LogP contribution in [0, 0.1) is 0 Å². The van der Waals surface area contributed by atoms with E-state index in [1.807, 2.05) is 12.1 Å². The molecule has 0 aliphatic heterocycles. The topological polar surface area (TPSA) is 66.4 Å². The van der Waals surface area contributed by atoms with Gasteiger partial charge in [-0.3, -0.25) is 0 Å². The van der Waals surface area contributed by atoms with E-state index in [1.165, 1.54) is 6.07 Å². The van der Waals surface area contributed by atoms with E-state index in [0.29, 0.717) is 12.2 Å². The Kier molecular flexibility index (Phi) is 9.74. The Balaban J connectivity index is 0.00000288. The van der Waals surface area contributed by atoms with Crippen LogP contribution in [0.25, 0.3) is 0 Å². The van der Waals surface area contributed by atoms with Gasteiger partial charge in [-0.25, -0.2) is 8.42 Å². The van der Waals surface area contributed by atoms with Crippen molar-refractivity contribution < 1.29 is 69.1 Å². The SMILES string of the molecule is CCCCCCc1cccc(S(=O)(=O)[O-])c1Oc1ccccc1.[K+]. The van der Waals surface area contributed by atoms with E-state index in [1.54, 1.807) is 30.3 Å². The summed E-state index contributed by atoms with van der Waals surface area (Å²) in [6, 6.07) is 13.6. The fourth-order valence-electron chi connectivity index (χ4n) is 2.42. The Bertz CT molecular complexity index is 730. The first-order chi connectivity index (χ1) is 11.0. The van der Waals surface area contributed by atoms with Gasteiger partial charge >= 0.3 is 51.4 Å². The van der Waals surface area contributed by atoms with Crippen molar-refractivity contribution in [1.82, 2.24) is 0 Å². The van der Waals surface area contributed by atoms with Crippen LogP contribution in [0.15, 0.2) is 53.4 Å². The van der Waals surface area contributed by atoms with Crippen LogP contribution in [0.4, 0.5) is 0 Å². The number of hydrogen-bond acceptors (Lipinski definition) is 4. The minimum absolute atomic E-state index is 0. The largest absolute Gasteiger partial charge is 1.00 e. The van der Waals surface area contributed by atoms with Gasteiger partial charge in [0.15, 0.2) is 0 Å². The molecule has 0 radical (unpaired) electrons. The maximum absolute atomic E-state index is 11.5. The molecule has 0 saturated heterocycles. The molecule has 0 aliphatic carbocycles. The molecule has 2 aromatic carbocycles. The molecule has 4 nitrogen and oxygen atoms in total. The fraction of sp³-hybridized carbons (Fsp3) is 0.333. The maximum Gasteiger partial charge on any atom is 1.00 e. The second-order valence-corrected chi connectivity index (χ2v) is 6.77.